The van der Waals surface area contributed by atoms with Gasteiger partial charge in [-0.25, -0.2) is 0 Å². The lowest BCUT2D eigenvalue weighted by Gasteiger charge is -2.34. The number of nitrogens with zero attached hydrogens (tertiary/aromatic N) is 2. The van der Waals surface area contributed by atoms with Crippen LogP contribution in [-0.4, -0.2) is 49.9 Å². The number of piperidine rings is 1. The zero-order chi connectivity index (χ0) is 19.2. The Hall–Kier alpha value is -1.88. The summed E-state index contributed by atoms with van der Waals surface area (Å²) in [5.41, 5.74) is 2.23. The Morgan fingerprint density at radius 1 is 1.22 bits per heavy atom. The Morgan fingerprint density at radius 3 is 2.70 bits per heavy atom. The Labute approximate surface area is 163 Å². The van der Waals surface area contributed by atoms with Crippen LogP contribution in [0.1, 0.15) is 44.6 Å². The van der Waals surface area contributed by atoms with Gasteiger partial charge in [-0.2, -0.15) is 0 Å². The summed E-state index contributed by atoms with van der Waals surface area (Å²) in [7, 11) is 1.96. The van der Waals surface area contributed by atoms with Gasteiger partial charge in [-0.1, -0.05) is 25.5 Å². The topological polar surface area (TPSA) is 52.7 Å². The maximum Gasteiger partial charge on any atom is 0.228 e. The molecule has 148 valence electrons. The lowest BCUT2D eigenvalue weighted by molar-refractivity contribution is -0.137. The summed E-state index contributed by atoms with van der Waals surface area (Å²) >= 11 is 0. The summed E-state index contributed by atoms with van der Waals surface area (Å²) in [4.78, 5) is 29.3. The lowest BCUT2D eigenvalue weighted by Crippen LogP contribution is -2.45. The largest absolute Gasteiger partial charge is 0.342 e. The molecule has 2 heterocycles. The van der Waals surface area contributed by atoms with E-state index in [1.807, 2.05) is 24.1 Å². The molecule has 0 bridgehead atoms. The lowest BCUT2D eigenvalue weighted by atomic mass is 9.96. The molecule has 2 amide bonds. The predicted octanol–water partition coefficient (Wildman–Crippen LogP) is 2.84. The number of anilines is 1. The van der Waals surface area contributed by atoms with Crippen LogP contribution in [0.3, 0.4) is 0 Å². The standard InChI is InChI=1S/C22H33N3O2/c1-3-4-6-17-8-10-20(11-9-17)25-16-19(13-21(25)26)22(27)24-12-5-7-18(15-24)14-23-2/h8-11,18-19,23H,3-7,12-16H2,1-2H3. The van der Waals surface area contributed by atoms with Gasteiger partial charge in [0, 0.05) is 31.7 Å². The SMILES string of the molecule is CCCCc1ccc(N2CC(C(=O)N3CCCC(CNC)C3)CC2=O)cc1. The number of hydrogen-bond acceptors (Lipinski definition) is 3. The normalized spacial score (nSPS) is 23.1. The maximum atomic E-state index is 13.0. The van der Waals surface area contributed by atoms with Crippen molar-refractivity contribution in [3.8, 4) is 0 Å². The minimum absolute atomic E-state index is 0.0680. The number of amides is 2. The van der Waals surface area contributed by atoms with E-state index in [4.69, 9.17) is 0 Å². The third-order valence-electron chi connectivity index (χ3n) is 5.86. The summed E-state index contributed by atoms with van der Waals surface area (Å²) in [5.74, 6) is 0.548. The van der Waals surface area contributed by atoms with Gasteiger partial charge in [-0.3, -0.25) is 9.59 Å². The van der Waals surface area contributed by atoms with Crippen molar-refractivity contribution in [1.82, 2.24) is 10.2 Å². The van der Waals surface area contributed by atoms with Gasteiger partial charge in [0.1, 0.15) is 0 Å². The van der Waals surface area contributed by atoms with Crippen molar-refractivity contribution in [1.29, 1.82) is 0 Å². The summed E-state index contributed by atoms with van der Waals surface area (Å²) in [6.45, 7) is 5.30. The summed E-state index contributed by atoms with van der Waals surface area (Å²) in [6.07, 6.45) is 6.01. The van der Waals surface area contributed by atoms with Crippen LogP contribution in [0.15, 0.2) is 24.3 Å². The Balaban J connectivity index is 1.60. The highest BCUT2D eigenvalue weighted by Crippen LogP contribution is 2.28. The number of carbonyl (C=O) groups excluding carboxylic acids is 2. The van der Waals surface area contributed by atoms with Crippen molar-refractivity contribution in [2.45, 2.75) is 45.4 Å². The molecule has 27 heavy (non-hydrogen) atoms. The van der Waals surface area contributed by atoms with Gasteiger partial charge in [0.2, 0.25) is 11.8 Å². The fraction of sp³-hybridized carbons (Fsp3) is 0.636. The number of nitrogens with one attached hydrogen (secondary N) is 1. The van der Waals surface area contributed by atoms with Crippen LogP contribution in [0.2, 0.25) is 0 Å². The van der Waals surface area contributed by atoms with Gasteiger partial charge in [-0.05, 0) is 62.9 Å². The minimum atomic E-state index is -0.203. The van der Waals surface area contributed by atoms with Crippen molar-refractivity contribution >= 4 is 17.5 Å². The van der Waals surface area contributed by atoms with Gasteiger partial charge in [0.15, 0.2) is 0 Å². The van der Waals surface area contributed by atoms with E-state index in [-0.39, 0.29) is 17.7 Å². The van der Waals surface area contributed by atoms with Crippen molar-refractivity contribution in [3.05, 3.63) is 29.8 Å². The Bertz CT molecular complexity index is 641. The molecule has 0 aromatic heterocycles. The molecule has 2 aliphatic heterocycles. The monoisotopic (exact) mass is 371 g/mol. The number of aryl methyl sites for hydroxylation is 1. The summed E-state index contributed by atoms with van der Waals surface area (Å²) in [6, 6.07) is 8.28. The molecular weight excluding hydrogens is 338 g/mol. The van der Waals surface area contributed by atoms with E-state index in [2.05, 4.69) is 24.4 Å². The van der Waals surface area contributed by atoms with Crippen LogP contribution in [0.5, 0.6) is 0 Å². The van der Waals surface area contributed by atoms with E-state index in [9.17, 15) is 9.59 Å². The van der Waals surface area contributed by atoms with Crippen LogP contribution in [-0.2, 0) is 16.0 Å². The average Bonchev–Trinajstić information content (AvgIpc) is 3.08. The molecular formula is C22H33N3O2. The van der Waals surface area contributed by atoms with Crippen LogP contribution in [0, 0.1) is 11.8 Å². The molecule has 1 aromatic carbocycles. The first-order valence-corrected chi connectivity index (χ1v) is 10.4. The number of likely N-dealkylation sites (tertiary alicyclic amines) is 1. The van der Waals surface area contributed by atoms with Crippen LogP contribution >= 0.6 is 0 Å². The van der Waals surface area contributed by atoms with E-state index >= 15 is 0 Å². The molecule has 5 heteroatoms. The van der Waals surface area contributed by atoms with Gasteiger partial charge in [0.05, 0.1) is 5.92 Å². The second-order valence-corrected chi connectivity index (χ2v) is 8.03. The zero-order valence-electron chi connectivity index (χ0n) is 16.7. The highest BCUT2D eigenvalue weighted by atomic mass is 16.2. The number of hydrogen-bond donors (Lipinski definition) is 1. The van der Waals surface area contributed by atoms with Crippen molar-refractivity contribution in [3.63, 3.8) is 0 Å². The van der Waals surface area contributed by atoms with E-state index in [1.165, 1.54) is 24.8 Å². The fourth-order valence-corrected chi connectivity index (χ4v) is 4.32. The summed E-state index contributed by atoms with van der Waals surface area (Å²) in [5, 5.41) is 3.22. The molecule has 1 aromatic rings. The molecule has 0 spiro atoms. The average molecular weight is 372 g/mol. The Kier molecular flexibility index (Phi) is 6.89. The van der Waals surface area contributed by atoms with Crippen molar-refractivity contribution in [2.24, 2.45) is 11.8 Å². The minimum Gasteiger partial charge on any atom is -0.342 e. The predicted molar refractivity (Wildman–Crippen MR) is 109 cm³/mol. The molecule has 2 saturated heterocycles. The first kappa shape index (κ1) is 19.9. The van der Waals surface area contributed by atoms with Crippen molar-refractivity contribution in [2.75, 3.05) is 38.1 Å². The van der Waals surface area contributed by atoms with Gasteiger partial charge < -0.3 is 15.1 Å². The van der Waals surface area contributed by atoms with Gasteiger partial charge in [0.25, 0.3) is 0 Å². The zero-order valence-corrected chi connectivity index (χ0v) is 16.7. The Morgan fingerprint density at radius 2 is 2.00 bits per heavy atom. The molecule has 2 fully saturated rings. The molecule has 1 N–H and O–H groups in total. The second kappa shape index (κ2) is 9.36. The number of unbranched alkanes of at least 4 members (excludes halogenated alkanes) is 1. The first-order chi connectivity index (χ1) is 13.1. The highest BCUT2D eigenvalue weighted by molar-refractivity contribution is 6.00. The molecule has 2 atom stereocenters. The third-order valence-corrected chi connectivity index (χ3v) is 5.86. The second-order valence-electron chi connectivity index (χ2n) is 8.03. The van der Waals surface area contributed by atoms with Crippen LogP contribution in [0.25, 0.3) is 0 Å². The highest BCUT2D eigenvalue weighted by Gasteiger charge is 2.38. The smallest absolute Gasteiger partial charge is 0.228 e. The number of carbonyl (C=O) groups is 2. The van der Waals surface area contributed by atoms with E-state index in [1.54, 1.807) is 4.90 Å². The number of benzene rings is 1. The summed E-state index contributed by atoms with van der Waals surface area (Å²) < 4.78 is 0. The molecule has 3 rings (SSSR count). The molecule has 2 unspecified atom stereocenters. The first-order valence-electron chi connectivity index (χ1n) is 10.4. The third kappa shape index (κ3) is 4.89. The van der Waals surface area contributed by atoms with E-state index in [0.717, 1.165) is 38.2 Å². The van der Waals surface area contributed by atoms with Gasteiger partial charge in [-0.15, -0.1) is 0 Å². The molecule has 0 aliphatic carbocycles. The quantitative estimate of drug-likeness (QED) is 0.802. The number of rotatable bonds is 7. The van der Waals surface area contributed by atoms with E-state index < -0.39 is 0 Å². The van der Waals surface area contributed by atoms with Crippen LogP contribution in [0.4, 0.5) is 5.69 Å². The van der Waals surface area contributed by atoms with Gasteiger partial charge >= 0.3 is 0 Å². The van der Waals surface area contributed by atoms with E-state index in [0.29, 0.717) is 18.9 Å². The van der Waals surface area contributed by atoms with Crippen molar-refractivity contribution < 1.29 is 9.59 Å². The molecule has 5 nitrogen and oxygen atoms in total. The maximum absolute atomic E-state index is 13.0. The molecule has 0 saturated carbocycles. The fourth-order valence-electron chi connectivity index (χ4n) is 4.32. The molecule has 0 radical (unpaired) electrons. The molecule has 2 aliphatic rings. The van der Waals surface area contributed by atoms with Crippen LogP contribution < -0.4 is 10.2 Å².